The summed E-state index contributed by atoms with van der Waals surface area (Å²) in [5, 5.41) is 65.4. The van der Waals surface area contributed by atoms with Gasteiger partial charge in [0.15, 0.2) is 12.1 Å². The molecule has 0 saturated heterocycles. The molecule has 0 fully saturated rings. The molecule has 51 heavy (non-hydrogen) atoms. The van der Waals surface area contributed by atoms with Gasteiger partial charge < -0.3 is 59.8 Å². The number of hydrogen-bond donors (Lipinski definition) is 6. The number of rotatable bonds is 26. The Balaban J connectivity index is -0.000000886. The van der Waals surface area contributed by atoms with Crippen LogP contribution in [0.1, 0.15) is 80.1 Å². The third-order valence-corrected chi connectivity index (χ3v) is 9.07. The molecule has 0 aliphatic heterocycles. The number of aliphatic hydroxyl groups excluding tert-OH is 2. The number of allylic oxidation sites excluding steroid dienone is 2. The van der Waals surface area contributed by atoms with Crippen LogP contribution in [0, 0.1) is 0 Å². The Labute approximate surface area is 331 Å². The molecule has 6 atom stereocenters. The molecule has 0 aliphatic rings. The van der Waals surface area contributed by atoms with Crippen LogP contribution in [0.5, 0.6) is 0 Å². The number of unbranched alkanes of at least 4 members (excludes halogenated alkanes) is 2. The zero-order valence-corrected chi connectivity index (χ0v) is 33.4. The summed E-state index contributed by atoms with van der Waals surface area (Å²) in [5.74, 6) is -5.58. The Morgan fingerprint density at radius 1 is 0.588 bits per heavy atom. The van der Waals surface area contributed by atoms with E-state index in [0.29, 0.717) is 0 Å². The van der Waals surface area contributed by atoms with Crippen LogP contribution in [0.2, 0.25) is 0 Å². The van der Waals surface area contributed by atoms with E-state index >= 15 is 0 Å². The molecule has 6 unspecified atom stereocenters. The largest absolute Gasteiger partial charge is 2.00 e. The SMILES string of the molecule is CCC/C=C/CC(=O)NCC[N+](CCO)(C(C)C(=O)[O-])C(C)C(=O)O.CCC/C=C/CC(=O)NCC[N+](CCO)(C(C)C(=O)[O-])C(C)C(=O)O.[Ca+2]. The molecule has 0 radical (unpaired) electrons. The normalized spacial score (nSPS) is 15.8. The maximum Gasteiger partial charge on any atom is 2.00 e. The van der Waals surface area contributed by atoms with Gasteiger partial charge >= 0.3 is 49.7 Å². The molecule has 0 aliphatic carbocycles. The first-order valence-corrected chi connectivity index (χ1v) is 17.1. The smallest absolute Gasteiger partial charge is 0.544 e. The van der Waals surface area contributed by atoms with Gasteiger partial charge in [-0.3, -0.25) is 9.59 Å². The van der Waals surface area contributed by atoms with Gasteiger partial charge in [0.2, 0.25) is 11.8 Å². The van der Waals surface area contributed by atoms with Crippen molar-refractivity contribution in [1.82, 2.24) is 10.6 Å². The first-order chi connectivity index (χ1) is 23.4. The number of nitrogens with one attached hydrogen (secondary N) is 2. The molecular formula is C34H60CaN4O12+2. The first kappa shape index (κ1) is 52.8. The number of aliphatic carboxylic acids is 4. The second-order valence-corrected chi connectivity index (χ2v) is 12.2. The van der Waals surface area contributed by atoms with Gasteiger partial charge in [0.1, 0.15) is 25.2 Å². The molecular weight excluding hydrogens is 696 g/mol. The summed E-state index contributed by atoms with van der Waals surface area (Å²) in [6.07, 6.45) is 11.5. The van der Waals surface area contributed by atoms with Gasteiger partial charge in [-0.1, -0.05) is 51.0 Å². The van der Waals surface area contributed by atoms with Crippen molar-refractivity contribution in [2.45, 2.75) is 104 Å². The summed E-state index contributed by atoms with van der Waals surface area (Å²) in [6.45, 7) is 9.05. The number of carboxylic acids is 4. The maximum atomic E-state index is 11.8. The van der Waals surface area contributed by atoms with Gasteiger partial charge in [0.25, 0.3) is 0 Å². The van der Waals surface area contributed by atoms with E-state index in [9.17, 15) is 59.4 Å². The summed E-state index contributed by atoms with van der Waals surface area (Å²) >= 11 is 0. The molecule has 0 aromatic carbocycles. The fourth-order valence-electron chi connectivity index (χ4n) is 5.58. The van der Waals surface area contributed by atoms with E-state index in [2.05, 4.69) is 10.6 Å². The zero-order valence-electron chi connectivity index (χ0n) is 31.2. The minimum Gasteiger partial charge on any atom is -0.544 e. The van der Waals surface area contributed by atoms with Crippen LogP contribution in [0.3, 0.4) is 0 Å². The van der Waals surface area contributed by atoms with Crippen LogP contribution in [0.15, 0.2) is 24.3 Å². The average Bonchev–Trinajstić information content (AvgIpc) is 3.06. The molecule has 0 bridgehead atoms. The Kier molecular flexibility index (Phi) is 29.9. The second-order valence-electron chi connectivity index (χ2n) is 12.2. The van der Waals surface area contributed by atoms with Crippen molar-refractivity contribution in [2.75, 3.05) is 52.5 Å². The molecule has 0 saturated carbocycles. The molecule has 2 amide bonds. The zero-order chi connectivity index (χ0) is 38.9. The number of carbonyl (C=O) groups excluding carboxylic acids is 4. The minimum absolute atomic E-state index is 0. The van der Waals surface area contributed by atoms with Crippen molar-refractivity contribution in [2.24, 2.45) is 0 Å². The molecule has 0 aromatic rings. The topological polar surface area (TPSA) is 254 Å². The van der Waals surface area contributed by atoms with E-state index in [1.54, 1.807) is 12.2 Å². The van der Waals surface area contributed by atoms with Gasteiger partial charge in [0, 0.05) is 12.8 Å². The summed E-state index contributed by atoms with van der Waals surface area (Å²) in [5.41, 5.74) is 0. The maximum absolute atomic E-state index is 11.8. The Morgan fingerprint density at radius 2 is 0.902 bits per heavy atom. The number of aliphatic hydroxyl groups is 2. The summed E-state index contributed by atoms with van der Waals surface area (Å²) in [4.78, 5) is 69.2. The van der Waals surface area contributed by atoms with E-state index in [1.165, 1.54) is 27.7 Å². The van der Waals surface area contributed by atoms with Crippen LogP contribution >= 0.6 is 0 Å². The molecule has 0 heterocycles. The molecule has 0 spiro atoms. The Morgan fingerprint density at radius 3 is 1.14 bits per heavy atom. The Hall–Kier alpha value is -2.60. The van der Waals surface area contributed by atoms with Gasteiger partial charge in [-0.15, -0.1) is 0 Å². The van der Waals surface area contributed by atoms with Gasteiger partial charge in [-0.25, -0.2) is 9.59 Å². The number of hydrogen-bond acceptors (Lipinski definition) is 10. The monoisotopic (exact) mass is 756 g/mol. The third kappa shape index (κ3) is 19.2. The van der Waals surface area contributed by atoms with E-state index in [0.717, 1.165) is 25.7 Å². The van der Waals surface area contributed by atoms with Gasteiger partial charge in [0.05, 0.1) is 51.3 Å². The van der Waals surface area contributed by atoms with Crippen LogP contribution < -0.4 is 20.8 Å². The van der Waals surface area contributed by atoms with Crippen molar-refractivity contribution < 1.29 is 68.4 Å². The third-order valence-electron chi connectivity index (χ3n) is 9.07. The van der Waals surface area contributed by atoms with Crippen LogP contribution in [0.4, 0.5) is 0 Å². The van der Waals surface area contributed by atoms with Crippen LogP contribution in [-0.2, 0) is 28.8 Å². The van der Waals surface area contributed by atoms with Gasteiger partial charge in [-0.05, 0) is 40.5 Å². The Bertz CT molecular complexity index is 1010. The minimum atomic E-state index is -1.39. The predicted molar refractivity (Wildman–Crippen MR) is 186 cm³/mol. The van der Waals surface area contributed by atoms with Crippen molar-refractivity contribution in [1.29, 1.82) is 0 Å². The van der Waals surface area contributed by atoms with E-state index in [1.807, 2.05) is 26.0 Å². The standard InChI is InChI=1S/2C17H30N2O6.Ca/c2*1-4-5-6-7-8-15(21)18-9-10-19(11-12-20,13(2)16(22)23)14(3)17(24)25;/h2*6-7,13-14,20H,4-5,8-12H2,1-3H3,(H2-,18,21,22,23,24,25);/q;;+2/b2*7-6+;. The molecule has 6 N–H and O–H groups in total. The predicted octanol–water partition coefficient (Wildman–Crippen LogP) is -1.84. The fourth-order valence-corrected chi connectivity index (χ4v) is 5.58. The van der Waals surface area contributed by atoms with Gasteiger partial charge in [-0.2, -0.15) is 0 Å². The second kappa shape index (κ2) is 28.9. The number of carbonyl (C=O) groups is 6. The molecule has 288 valence electrons. The summed E-state index contributed by atoms with van der Waals surface area (Å²) < 4.78 is -0.805. The molecule has 0 aromatic heterocycles. The number of amides is 2. The van der Waals surface area contributed by atoms with Crippen molar-refractivity contribution in [3.8, 4) is 0 Å². The molecule has 16 nitrogen and oxygen atoms in total. The van der Waals surface area contributed by atoms with Crippen LogP contribution in [-0.4, -0.2) is 179 Å². The fraction of sp³-hybridized carbons (Fsp3) is 0.706. The van der Waals surface area contributed by atoms with Crippen LogP contribution in [0.25, 0.3) is 0 Å². The van der Waals surface area contributed by atoms with Crippen molar-refractivity contribution >= 4 is 73.4 Å². The first-order valence-electron chi connectivity index (χ1n) is 17.1. The number of nitrogens with zero attached hydrogens (tertiary/aromatic N) is 2. The van der Waals surface area contributed by atoms with E-state index in [4.69, 9.17) is 0 Å². The number of carboxylic acid groups (broad SMARTS) is 4. The van der Waals surface area contributed by atoms with Crippen molar-refractivity contribution in [3.63, 3.8) is 0 Å². The van der Waals surface area contributed by atoms with E-state index in [-0.39, 0.29) is 115 Å². The number of quaternary nitrogens is 2. The van der Waals surface area contributed by atoms with E-state index < -0.39 is 57.0 Å². The molecule has 17 heteroatoms. The average molecular weight is 757 g/mol. The summed E-state index contributed by atoms with van der Waals surface area (Å²) in [7, 11) is 0. The quantitative estimate of drug-likeness (QED) is 0.0324. The molecule has 0 rings (SSSR count). The summed E-state index contributed by atoms with van der Waals surface area (Å²) in [6, 6.07) is -4.41. The van der Waals surface area contributed by atoms with Crippen molar-refractivity contribution in [3.05, 3.63) is 24.3 Å².